The lowest BCUT2D eigenvalue weighted by Gasteiger charge is -2.06. The summed E-state index contributed by atoms with van der Waals surface area (Å²) < 4.78 is 0. The van der Waals surface area contributed by atoms with Gasteiger partial charge in [0.05, 0.1) is 6.42 Å². The predicted molar refractivity (Wildman–Crippen MR) is 60.5 cm³/mol. The molecule has 14 heavy (non-hydrogen) atoms. The van der Waals surface area contributed by atoms with Crippen molar-refractivity contribution < 1.29 is 9.90 Å². The van der Waals surface area contributed by atoms with Gasteiger partial charge < -0.3 is 22.3 Å². The zero-order valence-corrected chi connectivity index (χ0v) is 8.94. The SMILES string of the molecule is NC(N)=NCCC[C@H](N)CC(=O)O.S. The number of carbonyl (C=O) groups is 1. The molecule has 0 aliphatic rings. The molecular formula is C7H18N4O2S. The number of carboxylic acids is 1. The van der Waals surface area contributed by atoms with Gasteiger partial charge in [-0.15, -0.1) is 0 Å². The van der Waals surface area contributed by atoms with Crippen LogP contribution in [-0.4, -0.2) is 29.6 Å². The van der Waals surface area contributed by atoms with E-state index in [2.05, 4.69) is 4.99 Å². The van der Waals surface area contributed by atoms with Crippen molar-refractivity contribution in [3.63, 3.8) is 0 Å². The maximum absolute atomic E-state index is 10.2. The molecule has 0 saturated carbocycles. The molecule has 7 N–H and O–H groups in total. The molecular weight excluding hydrogens is 204 g/mol. The van der Waals surface area contributed by atoms with Crippen molar-refractivity contribution in [1.82, 2.24) is 0 Å². The molecule has 0 radical (unpaired) electrons. The van der Waals surface area contributed by atoms with Gasteiger partial charge in [0.25, 0.3) is 0 Å². The van der Waals surface area contributed by atoms with Crippen LogP contribution in [0, 0.1) is 0 Å². The lowest BCUT2D eigenvalue weighted by Crippen LogP contribution is -2.25. The molecule has 0 aromatic rings. The van der Waals surface area contributed by atoms with Crippen LogP contribution in [0.5, 0.6) is 0 Å². The molecule has 0 saturated heterocycles. The van der Waals surface area contributed by atoms with Crippen LogP contribution in [0.4, 0.5) is 0 Å². The molecule has 0 fully saturated rings. The molecule has 0 rings (SSSR count). The van der Waals surface area contributed by atoms with Gasteiger partial charge in [-0.2, -0.15) is 13.5 Å². The number of nitrogens with two attached hydrogens (primary N) is 3. The summed E-state index contributed by atoms with van der Waals surface area (Å²) in [6.07, 6.45) is 1.30. The minimum absolute atomic E-state index is 0. The zero-order chi connectivity index (χ0) is 10.3. The van der Waals surface area contributed by atoms with Crippen molar-refractivity contribution in [2.45, 2.75) is 25.3 Å². The fourth-order valence-corrected chi connectivity index (χ4v) is 0.888. The molecule has 0 aliphatic heterocycles. The predicted octanol–water partition coefficient (Wildman–Crippen LogP) is -1.05. The number of guanidine groups is 1. The Morgan fingerprint density at radius 1 is 1.43 bits per heavy atom. The summed E-state index contributed by atoms with van der Waals surface area (Å²) in [5.41, 5.74) is 15.7. The summed E-state index contributed by atoms with van der Waals surface area (Å²) in [5, 5.41) is 8.38. The van der Waals surface area contributed by atoms with E-state index >= 15 is 0 Å². The number of nitrogens with zero attached hydrogens (tertiary/aromatic N) is 1. The smallest absolute Gasteiger partial charge is 0.304 e. The summed E-state index contributed by atoms with van der Waals surface area (Å²) in [4.78, 5) is 13.9. The minimum Gasteiger partial charge on any atom is -0.481 e. The molecule has 0 aromatic carbocycles. The number of hydrogen-bond donors (Lipinski definition) is 4. The molecule has 0 amide bonds. The molecule has 0 spiro atoms. The highest BCUT2D eigenvalue weighted by atomic mass is 32.1. The average Bonchev–Trinajstić information content (AvgIpc) is 1.96. The third-order valence-electron chi connectivity index (χ3n) is 1.46. The Hall–Kier alpha value is -0.950. The summed E-state index contributed by atoms with van der Waals surface area (Å²) >= 11 is 0. The van der Waals surface area contributed by atoms with Gasteiger partial charge in [0.2, 0.25) is 0 Å². The topological polar surface area (TPSA) is 128 Å². The van der Waals surface area contributed by atoms with E-state index < -0.39 is 5.97 Å². The molecule has 84 valence electrons. The maximum atomic E-state index is 10.2. The summed E-state index contributed by atoms with van der Waals surface area (Å²) in [5.74, 6) is -0.832. The summed E-state index contributed by atoms with van der Waals surface area (Å²) in [6.45, 7) is 0.496. The van der Waals surface area contributed by atoms with Gasteiger partial charge in [-0.25, -0.2) is 0 Å². The van der Waals surface area contributed by atoms with Crippen LogP contribution in [-0.2, 0) is 4.79 Å². The highest BCUT2D eigenvalue weighted by Crippen LogP contribution is 1.98. The second-order valence-corrected chi connectivity index (χ2v) is 2.81. The van der Waals surface area contributed by atoms with E-state index in [0.717, 1.165) is 0 Å². The molecule has 0 heterocycles. The van der Waals surface area contributed by atoms with Crippen molar-refractivity contribution >= 4 is 25.4 Å². The van der Waals surface area contributed by atoms with E-state index in [1.165, 1.54) is 0 Å². The Balaban J connectivity index is 0. The highest BCUT2D eigenvalue weighted by Gasteiger charge is 2.06. The summed E-state index contributed by atoms with van der Waals surface area (Å²) in [7, 11) is 0. The first-order valence-electron chi connectivity index (χ1n) is 4.05. The van der Waals surface area contributed by atoms with Gasteiger partial charge in [0.15, 0.2) is 5.96 Å². The second-order valence-electron chi connectivity index (χ2n) is 2.81. The van der Waals surface area contributed by atoms with E-state index in [-0.39, 0.29) is 31.9 Å². The van der Waals surface area contributed by atoms with Gasteiger partial charge in [-0.3, -0.25) is 9.79 Å². The Morgan fingerprint density at radius 3 is 2.43 bits per heavy atom. The number of carboxylic acid groups (broad SMARTS) is 1. The quantitative estimate of drug-likeness (QED) is 0.259. The maximum Gasteiger partial charge on any atom is 0.304 e. The zero-order valence-electron chi connectivity index (χ0n) is 7.94. The van der Waals surface area contributed by atoms with Crippen LogP contribution in [0.25, 0.3) is 0 Å². The van der Waals surface area contributed by atoms with Crippen LogP contribution in [0.3, 0.4) is 0 Å². The van der Waals surface area contributed by atoms with E-state index in [9.17, 15) is 4.79 Å². The van der Waals surface area contributed by atoms with Gasteiger partial charge in [-0.1, -0.05) is 0 Å². The average molecular weight is 222 g/mol. The molecule has 1 atom stereocenters. The fraction of sp³-hybridized carbons (Fsp3) is 0.714. The van der Waals surface area contributed by atoms with Crippen molar-refractivity contribution in [2.24, 2.45) is 22.2 Å². The third-order valence-corrected chi connectivity index (χ3v) is 1.46. The first-order chi connectivity index (χ1) is 6.02. The number of hydrogen-bond acceptors (Lipinski definition) is 3. The molecule has 0 aromatic heterocycles. The Morgan fingerprint density at radius 2 is 2.00 bits per heavy atom. The van der Waals surface area contributed by atoms with E-state index in [0.29, 0.717) is 19.4 Å². The van der Waals surface area contributed by atoms with Crippen molar-refractivity contribution in [1.29, 1.82) is 0 Å². The highest BCUT2D eigenvalue weighted by molar-refractivity contribution is 7.59. The van der Waals surface area contributed by atoms with E-state index in [4.69, 9.17) is 22.3 Å². The van der Waals surface area contributed by atoms with Crippen molar-refractivity contribution in [3.8, 4) is 0 Å². The van der Waals surface area contributed by atoms with Crippen molar-refractivity contribution in [2.75, 3.05) is 6.54 Å². The number of aliphatic imine (C=N–C) groups is 1. The third kappa shape index (κ3) is 11.1. The van der Waals surface area contributed by atoms with Crippen molar-refractivity contribution in [3.05, 3.63) is 0 Å². The van der Waals surface area contributed by atoms with Gasteiger partial charge in [0.1, 0.15) is 0 Å². The fourth-order valence-electron chi connectivity index (χ4n) is 0.888. The lowest BCUT2D eigenvalue weighted by molar-refractivity contribution is -0.137. The van der Waals surface area contributed by atoms with Gasteiger partial charge in [-0.05, 0) is 12.8 Å². The van der Waals surface area contributed by atoms with Crippen LogP contribution in [0.15, 0.2) is 4.99 Å². The minimum atomic E-state index is -0.880. The largest absolute Gasteiger partial charge is 0.481 e. The normalized spacial score (nSPS) is 11.2. The first kappa shape index (κ1) is 15.5. The van der Waals surface area contributed by atoms with Crippen LogP contribution < -0.4 is 17.2 Å². The van der Waals surface area contributed by atoms with Crippen LogP contribution >= 0.6 is 13.5 Å². The van der Waals surface area contributed by atoms with E-state index in [1.54, 1.807) is 0 Å². The lowest BCUT2D eigenvalue weighted by atomic mass is 10.1. The Labute approximate surface area is 90.0 Å². The second kappa shape index (κ2) is 8.64. The Bertz CT molecular complexity index is 194. The molecule has 0 aliphatic carbocycles. The Kier molecular flexibility index (Phi) is 9.58. The van der Waals surface area contributed by atoms with E-state index in [1.807, 2.05) is 0 Å². The molecule has 7 heteroatoms. The molecule has 6 nitrogen and oxygen atoms in total. The van der Waals surface area contributed by atoms with Gasteiger partial charge >= 0.3 is 5.97 Å². The first-order valence-corrected chi connectivity index (χ1v) is 4.05. The molecule has 0 unspecified atom stereocenters. The van der Waals surface area contributed by atoms with Crippen LogP contribution in [0.1, 0.15) is 19.3 Å². The van der Waals surface area contributed by atoms with Gasteiger partial charge in [0, 0.05) is 12.6 Å². The monoisotopic (exact) mass is 222 g/mol. The number of rotatable bonds is 6. The standard InChI is InChI=1S/C7H16N4O2.H2S/c8-5(4-6(12)13)2-1-3-11-7(9)10;/h5H,1-4,8H2,(H,12,13)(H4,9,10,11);1H2/t5-;/m0./s1. The van der Waals surface area contributed by atoms with Crippen LogP contribution in [0.2, 0.25) is 0 Å². The number of aliphatic carboxylic acids is 1. The molecule has 0 bridgehead atoms. The summed E-state index contributed by atoms with van der Waals surface area (Å²) in [6, 6.07) is -0.313.